The Bertz CT molecular complexity index is 1110. The van der Waals surface area contributed by atoms with E-state index in [1.165, 1.54) is 12.1 Å². The lowest BCUT2D eigenvalue weighted by Crippen LogP contribution is -2.06. The minimum absolute atomic E-state index is 0.261. The number of hydrogen-bond acceptors (Lipinski definition) is 4. The van der Waals surface area contributed by atoms with E-state index in [4.69, 9.17) is 23.2 Å². The number of anilines is 3. The van der Waals surface area contributed by atoms with Crippen molar-refractivity contribution in [3.8, 4) is 0 Å². The third kappa shape index (κ3) is 4.32. The van der Waals surface area contributed by atoms with Gasteiger partial charge < -0.3 is 10.6 Å². The van der Waals surface area contributed by atoms with Gasteiger partial charge in [-0.15, -0.1) is 0 Å². The summed E-state index contributed by atoms with van der Waals surface area (Å²) in [5.41, 5.74) is 2.42. The van der Waals surface area contributed by atoms with Crippen molar-refractivity contribution in [3.05, 3.63) is 88.2 Å². The summed E-state index contributed by atoms with van der Waals surface area (Å²) in [6.45, 7) is 0.504. The molecule has 140 valence electrons. The van der Waals surface area contributed by atoms with Crippen molar-refractivity contribution >= 4 is 51.6 Å². The molecular formula is C21H15Cl2FN4. The van der Waals surface area contributed by atoms with Crippen LogP contribution in [0.4, 0.5) is 21.8 Å². The van der Waals surface area contributed by atoms with E-state index in [1.54, 1.807) is 30.3 Å². The molecular weight excluding hydrogens is 398 g/mol. The van der Waals surface area contributed by atoms with Gasteiger partial charge in [-0.25, -0.2) is 9.37 Å². The summed E-state index contributed by atoms with van der Waals surface area (Å²) in [5, 5.41) is 8.38. The average molecular weight is 413 g/mol. The van der Waals surface area contributed by atoms with Crippen LogP contribution in [0.25, 0.3) is 10.9 Å². The molecule has 28 heavy (non-hydrogen) atoms. The number of halogens is 3. The molecule has 4 aromatic rings. The number of fused-ring (bicyclic) bond motifs is 1. The Balaban J connectivity index is 1.65. The van der Waals surface area contributed by atoms with Crippen molar-refractivity contribution in [1.29, 1.82) is 0 Å². The first-order valence-corrected chi connectivity index (χ1v) is 9.31. The predicted molar refractivity (Wildman–Crippen MR) is 113 cm³/mol. The zero-order valence-electron chi connectivity index (χ0n) is 14.6. The lowest BCUT2D eigenvalue weighted by Gasteiger charge is -2.12. The number of aromatic nitrogens is 2. The fourth-order valence-corrected chi connectivity index (χ4v) is 3.34. The highest BCUT2D eigenvalue weighted by Gasteiger charge is 2.09. The second-order valence-corrected chi connectivity index (χ2v) is 7.05. The molecule has 1 aromatic heterocycles. The molecule has 3 aromatic carbocycles. The van der Waals surface area contributed by atoms with Gasteiger partial charge in [-0.05, 0) is 48.0 Å². The second kappa shape index (κ2) is 8.00. The maximum absolute atomic E-state index is 13.1. The molecule has 0 aliphatic carbocycles. The molecule has 0 spiro atoms. The Morgan fingerprint density at radius 2 is 1.57 bits per heavy atom. The lowest BCUT2D eigenvalue weighted by atomic mass is 10.2. The number of nitrogens with zero attached hydrogens (tertiary/aromatic N) is 2. The maximum Gasteiger partial charge on any atom is 0.229 e. The summed E-state index contributed by atoms with van der Waals surface area (Å²) >= 11 is 12.1. The molecule has 0 saturated heterocycles. The third-order valence-electron chi connectivity index (χ3n) is 4.10. The molecule has 0 fully saturated rings. The highest BCUT2D eigenvalue weighted by atomic mass is 35.5. The molecule has 1 heterocycles. The molecule has 0 atom stereocenters. The predicted octanol–water partition coefficient (Wildman–Crippen LogP) is 6.43. The standard InChI is InChI=1S/C21H15Cl2FN4/c22-14-9-15(23)11-17(10-14)26-21-27-19-4-2-1-3-18(19)20(28-21)25-12-13-5-7-16(24)8-6-13/h1-11H,12H2,(H2,25,26,27,28). The van der Waals surface area contributed by atoms with Gasteiger partial charge in [0.15, 0.2) is 0 Å². The zero-order valence-corrected chi connectivity index (χ0v) is 16.1. The van der Waals surface area contributed by atoms with Gasteiger partial charge in [0.25, 0.3) is 0 Å². The zero-order chi connectivity index (χ0) is 19.5. The van der Waals surface area contributed by atoms with Crippen molar-refractivity contribution in [2.75, 3.05) is 10.6 Å². The van der Waals surface area contributed by atoms with Crippen molar-refractivity contribution in [2.45, 2.75) is 6.54 Å². The second-order valence-electron chi connectivity index (χ2n) is 6.18. The molecule has 4 nitrogen and oxygen atoms in total. The van der Waals surface area contributed by atoms with E-state index in [9.17, 15) is 4.39 Å². The van der Waals surface area contributed by atoms with Crippen LogP contribution in [-0.2, 0) is 6.54 Å². The quantitative estimate of drug-likeness (QED) is 0.396. The summed E-state index contributed by atoms with van der Waals surface area (Å²) in [7, 11) is 0. The molecule has 0 unspecified atom stereocenters. The van der Waals surface area contributed by atoms with Gasteiger partial charge in [-0.2, -0.15) is 4.98 Å². The number of benzene rings is 3. The van der Waals surface area contributed by atoms with E-state index in [0.29, 0.717) is 34.0 Å². The van der Waals surface area contributed by atoms with Crippen molar-refractivity contribution in [2.24, 2.45) is 0 Å². The molecule has 0 bridgehead atoms. The Morgan fingerprint density at radius 3 is 2.32 bits per heavy atom. The van der Waals surface area contributed by atoms with Crippen LogP contribution in [0.1, 0.15) is 5.56 Å². The van der Waals surface area contributed by atoms with Crippen LogP contribution in [-0.4, -0.2) is 9.97 Å². The SMILES string of the molecule is Fc1ccc(CNc2nc(Nc3cc(Cl)cc(Cl)c3)nc3ccccc23)cc1. The molecule has 7 heteroatoms. The maximum atomic E-state index is 13.1. The highest BCUT2D eigenvalue weighted by molar-refractivity contribution is 6.35. The smallest absolute Gasteiger partial charge is 0.229 e. The summed E-state index contributed by atoms with van der Waals surface area (Å²) < 4.78 is 13.1. The van der Waals surface area contributed by atoms with E-state index in [0.717, 1.165) is 16.5 Å². The van der Waals surface area contributed by atoms with Crippen LogP contribution < -0.4 is 10.6 Å². The van der Waals surface area contributed by atoms with Crippen LogP contribution in [0.5, 0.6) is 0 Å². The fourth-order valence-electron chi connectivity index (χ4n) is 2.81. The molecule has 0 radical (unpaired) electrons. The van der Waals surface area contributed by atoms with Crippen molar-refractivity contribution in [1.82, 2.24) is 9.97 Å². The first-order valence-electron chi connectivity index (χ1n) is 8.55. The number of nitrogens with one attached hydrogen (secondary N) is 2. The van der Waals surface area contributed by atoms with Gasteiger partial charge in [0.1, 0.15) is 11.6 Å². The van der Waals surface area contributed by atoms with E-state index in [2.05, 4.69) is 20.6 Å². The van der Waals surface area contributed by atoms with Gasteiger partial charge in [0, 0.05) is 27.7 Å². The summed E-state index contributed by atoms with van der Waals surface area (Å²) in [5.74, 6) is 0.826. The van der Waals surface area contributed by atoms with Crippen molar-refractivity contribution < 1.29 is 4.39 Å². The molecule has 2 N–H and O–H groups in total. The minimum atomic E-state index is -0.261. The van der Waals surface area contributed by atoms with Gasteiger partial charge in [-0.3, -0.25) is 0 Å². The first-order chi connectivity index (χ1) is 13.6. The fraction of sp³-hybridized carbons (Fsp3) is 0.0476. The van der Waals surface area contributed by atoms with Crippen LogP contribution in [0.3, 0.4) is 0 Å². The highest BCUT2D eigenvalue weighted by Crippen LogP contribution is 2.27. The molecule has 0 aliphatic rings. The van der Waals surface area contributed by atoms with E-state index < -0.39 is 0 Å². The van der Waals surface area contributed by atoms with Gasteiger partial charge in [0.2, 0.25) is 5.95 Å². The molecule has 0 aliphatic heterocycles. The Hall–Kier alpha value is -2.89. The van der Waals surface area contributed by atoms with Gasteiger partial charge in [0.05, 0.1) is 5.52 Å². The number of para-hydroxylation sites is 1. The van der Waals surface area contributed by atoms with Crippen LogP contribution in [0, 0.1) is 5.82 Å². The monoisotopic (exact) mass is 412 g/mol. The summed E-state index contributed by atoms with van der Waals surface area (Å²) in [6.07, 6.45) is 0. The summed E-state index contributed by atoms with van der Waals surface area (Å²) in [4.78, 5) is 9.15. The van der Waals surface area contributed by atoms with Crippen LogP contribution in [0.2, 0.25) is 10.0 Å². The van der Waals surface area contributed by atoms with Crippen LogP contribution in [0.15, 0.2) is 66.7 Å². The Kier molecular flexibility index (Phi) is 5.28. The Morgan fingerprint density at radius 1 is 0.857 bits per heavy atom. The lowest BCUT2D eigenvalue weighted by molar-refractivity contribution is 0.627. The van der Waals surface area contributed by atoms with E-state index in [-0.39, 0.29) is 5.82 Å². The first kappa shape index (κ1) is 18.5. The topological polar surface area (TPSA) is 49.8 Å². The van der Waals surface area contributed by atoms with E-state index in [1.807, 2.05) is 24.3 Å². The number of rotatable bonds is 5. The van der Waals surface area contributed by atoms with Crippen LogP contribution >= 0.6 is 23.2 Å². The number of hydrogen-bond donors (Lipinski definition) is 2. The normalized spacial score (nSPS) is 10.8. The molecule has 0 amide bonds. The van der Waals surface area contributed by atoms with Gasteiger partial charge >= 0.3 is 0 Å². The molecule has 4 rings (SSSR count). The Labute approximate surface area is 171 Å². The largest absolute Gasteiger partial charge is 0.365 e. The third-order valence-corrected chi connectivity index (χ3v) is 4.53. The summed E-state index contributed by atoms with van der Waals surface area (Å²) in [6, 6.07) is 19.2. The average Bonchev–Trinajstić information content (AvgIpc) is 2.66. The minimum Gasteiger partial charge on any atom is -0.365 e. The van der Waals surface area contributed by atoms with Crippen molar-refractivity contribution in [3.63, 3.8) is 0 Å². The van der Waals surface area contributed by atoms with Gasteiger partial charge in [-0.1, -0.05) is 47.5 Å². The van der Waals surface area contributed by atoms with E-state index >= 15 is 0 Å². The molecule has 0 saturated carbocycles.